The van der Waals surface area contributed by atoms with E-state index in [-0.39, 0.29) is 24.2 Å². The molecule has 6 heteroatoms. The standard InChI is InChI=1S/C12H21N3O2.ClH/c1-13-9-4-3-7-15(8-9)11(17)12(5-6-12)10(16)14-2;/h9,13H,3-8H2,1-2H3,(H,14,16);1H. The highest BCUT2D eigenvalue weighted by atomic mass is 35.5. The fourth-order valence-corrected chi connectivity index (χ4v) is 2.60. The maximum absolute atomic E-state index is 12.4. The van der Waals surface area contributed by atoms with Gasteiger partial charge in [-0.05, 0) is 32.7 Å². The lowest BCUT2D eigenvalue weighted by molar-refractivity contribution is -0.145. The SMILES string of the molecule is CNC(=O)C1(C(=O)N2CCCC(NC)C2)CC1.Cl. The Kier molecular flexibility index (Phi) is 4.99. The van der Waals surface area contributed by atoms with E-state index in [1.807, 2.05) is 11.9 Å². The Morgan fingerprint density at radius 3 is 2.44 bits per heavy atom. The minimum atomic E-state index is -0.732. The number of likely N-dealkylation sites (tertiary alicyclic amines) is 1. The van der Waals surface area contributed by atoms with E-state index in [2.05, 4.69) is 10.6 Å². The van der Waals surface area contributed by atoms with Gasteiger partial charge in [-0.2, -0.15) is 0 Å². The normalized spacial score (nSPS) is 25.0. The van der Waals surface area contributed by atoms with Crippen molar-refractivity contribution in [1.29, 1.82) is 0 Å². The summed E-state index contributed by atoms with van der Waals surface area (Å²) in [6.07, 6.45) is 3.52. The van der Waals surface area contributed by atoms with E-state index in [9.17, 15) is 9.59 Å². The first-order valence-corrected chi connectivity index (χ1v) is 6.33. The molecule has 2 rings (SSSR count). The first-order valence-electron chi connectivity index (χ1n) is 6.33. The van der Waals surface area contributed by atoms with E-state index in [1.165, 1.54) is 0 Å². The number of nitrogens with zero attached hydrogens (tertiary/aromatic N) is 1. The maximum Gasteiger partial charge on any atom is 0.238 e. The highest BCUT2D eigenvalue weighted by Crippen LogP contribution is 2.47. The van der Waals surface area contributed by atoms with Crippen LogP contribution in [0.15, 0.2) is 0 Å². The molecule has 104 valence electrons. The van der Waals surface area contributed by atoms with Gasteiger partial charge >= 0.3 is 0 Å². The van der Waals surface area contributed by atoms with Crippen LogP contribution in [0.4, 0.5) is 0 Å². The summed E-state index contributed by atoms with van der Waals surface area (Å²) in [5, 5.41) is 5.82. The molecular formula is C12H22ClN3O2. The van der Waals surface area contributed by atoms with Gasteiger partial charge in [0.15, 0.2) is 0 Å². The Morgan fingerprint density at radius 2 is 1.94 bits per heavy atom. The Bertz CT molecular complexity index is 331. The van der Waals surface area contributed by atoms with Crippen LogP contribution in [0.5, 0.6) is 0 Å². The van der Waals surface area contributed by atoms with Crippen LogP contribution >= 0.6 is 12.4 Å². The van der Waals surface area contributed by atoms with Crippen LogP contribution in [0.1, 0.15) is 25.7 Å². The van der Waals surface area contributed by atoms with Crippen molar-refractivity contribution in [2.45, 2.75) is 31.7 Å². The molecular weight excluding hydrogens is 254 g/mol. The maximum atomic E-state index is 12.4. The minimum Gasteiger partial charge on any atom is -0.358 e. The third-order valence-electron chi connectivity index (χ3n) is 3.94. The van der Waals surface area contributed by atoms with Crippen molar-refractivity contribution in [2.75, 3.05) is 27.2 Å². The molecule has 0 aromatic heterocycles. The number of carbonyl (C=O) groups excluding carboxylic acids is 2. The number of piperidine rings is 1. The molecule has 0 aromatic carbocycles. The topological polar surface area (TPSA) is 61.4 Å². The van der Waals surface area contributed by atoms with Crippen LogP contribution in [0.3, 0.4) is 0 Å². The molecule has 18 heavy (non-hydrogen) atoms. The number of amides is 2. The molecule has 5 nitrogen and oxygen atoms in total. The molecule has 1 saturated carbocycles. The van der Waals surface area contributed by atoms with E-state index < -0.39 is 5.41 Å². The summed E-state index contributed by atoms with van der Waals surface area (Å²) in [4.78, 5) is 26.0. The van der Waals surface area contributed by atoms with Gasteiger partial charge in [0.1, 0.15) is 5.41 Å². The lowest BCUT2D eigenvalue weighted by atomic mass is 10.00. The van der Waals surface area contributed by atoms with Gasteiger partial charge in [0, 0.05) is 26.2 Å². The largest absolute Gasteiger partial charge is 0.358 e. The molecule has 1 atom stereocenters. The molecule has 0 aromatic rings. The number of nitrogens with one attached hydrogen (secondary N) is 2. The van der Waals surface area contributed by atoms with E-state index in [0.717, 1.165) is 25.9 Å². The van der Waals surface area contributed by atoms with Crippen LogP contribution in [-0.4, -0.2) is 49.9 Å². The Balaban J connectivity index is 0.00000162. The predicted molar refractivity (Wildman–Crippen MR) is 71.6 cm³/mol. The predicted octanol–water partition coefficient (Wildman–Crippen LogP) is 0.145. The Labute approximate surface area is 114 Å². The van der Waals surface area contributed by atoms with Gasteiger partial charge in [-0.1, -0.05) is 0 Å². The molecule has 0 spiro atoms. The average Bonchev–Trinajstić information content (AvgIpc) is 3.18. The molecule has 2 amide bonds. The zero-order chi connectivity index (χ0) is 12.5. The van der Waals surface area contributed by atoms with E-state index in [0.29, 0.717) is 18.9 Å². The van der Waals surface area contributed by atoms with Gasteiger partial charge in [0.2, 0.25) is 11.8 Å². The van der Waals surface area contributed by atoms with Gasteiger partial charge in [0.05, 0.1) is 0 Å². The first kappa shape index (κ1) is 15.2. The molecule has 2 aliphatic rings. The zero-order valence-electron chi connectivity index (χ0n) is 11.0. The van der Waals surface area contributed by atoms with Crippen molar-refractivity contribution >= 4 is 24.2 Å². The third-order valence-corrected chi connectivity index (χ3v) is 3.94. The van der Waals surface area contributed by atoms with Gasteiger partial charge in [-0.25, -0.2) is 0 Å². The first-order chi connectivity index (χ1) is 8.14. The summed E-state index contributed by atoms with van der Waals surface area (Å²) < 4.78 is 0. The van der Waals surface area contributed by atoms with Gasteiger partial charge < -0.3 is 15.5 Å². The zero-order valence-corrected chi connectivity index (χ0v) is 11.8. The quantitative estimate of drug-likeness (QED) is 0.721. The van der Waals surface area contributed by atoms with Crippen LogP contribution in [0.25, 0.3) is 0 Å². The second-order valence-corrected chi connectivity index (χ2v) is 5.04. The van der Waals surface area contributed by atoms with Crippen molar-refractivity contribution in [3.05, 3.63) is 0 Å². The summed E-state index contributed by atoms with van der Waals surface area (Å²) in [7, 11) is 3.52. The number of rotatable bonds is 3. The number of likely N-dealkylation sites (N-methyl/N-ethyl adjacent to an activating group) is 1. The van der Waals surface area contributed by atoms with E-state index in [4.69, 9.17) is 0 Å². The molecule has 0 bridgehead atoms. The molecule has 2 N–H and O–H groups in total. The van der Waals surface area contributed by atoms with E-state index in [1.54, 1.807) is 7.05 Å². The molecule has 2 fully saturated rings. The van der Waals surface area contributed by atoms with Crippen molar-refractivity contribution in [1.82, 2.24) is 15.5 Å². The molecule has 1 unspecified atom stereocenters. The molecule has 1 aliphatic heterocycles. The second-order valence-electron chi connectivity index (χ2n) is 5.04. The number of halogens is 1. The third kappa shape index (κ3) is 2.62. The number of hydrogen-bond donors (Lipinski definition) is 2. The molecule has 1 heterocycles. The van der Waals surface area contributed by atoms with Crippen molar-refractivity contribution in [3.63, 3.8) is 0 Å². The Hall–Kier alpha value is -0.810. The summed E-state index contributed by atoms with van der Waals surface area (Å²) >= 11 is 0. The summed E-state index contributed by atoms with van der Waals surface area (Å²) in [6, 6.07) is 0.369. The molecule has 0 radical (unpaired) electrons. The lowest BCUT2D eigenvalue weighted by Crippen LogP contribution is -2.51. The summed E-state index contributed by atoms with van der Waals surface area (Å²) in [5.41, 5.74) is -0.732. The minimum absolute atomic E-state index is 0. The molecule has 1 saturated heterocycles. The van der Waals surface area contributed by atoms with E-state index >= 15 is 0 Å². The van der Waals surface area contributed by atoms with Gasteiger partial charge in [0.25, 0.3) is 0 Å². The number of hydrogen-bond acceptors (Lipinski definition) is 3. The van der Waals surface area contributed by atoms with Crippen LogP contribution in [0.2, 0.25) is 0 Å². The lowest BCUT2D eigenvalue weighted by Gasteiger charge is -2.34. The fraction of sp³-hybridized carbons (Fsp3) is 0.833. The van der Waals surface area contributed by atoms with Gasteiger partial charge in [-0.15, -0.1) is 12.4 Å². The smallest absolute Gasteiger partial charge is 0.238 e. The van der Waals surface area contributed by atoms with Crippen molar-refractivity contribution in [2.24, 2.45) is 5.41 Å². The highest BCUT2D eigenvalue weighted by Gasteiger charge is 2.57. The second kappa shape index (κ2) is 5.89. The summed E-state index contributed by atoms with van der Waals surface area (Å²) in [6.45, 7) is 1.52. The molecule has 1 aliphatic carbocycles. The van der Waals surface area contributed by atoms with Gasteiger partial charge in [-0.3, -0.25) is 9.59 Å². The van der Waals surface area contributed by atoms with Crippen LogP contribution in [0, 0.1) is 5.41 Å². The Morgan fingerprint density at radius 1 is 1.28 bits per heavy atom. The fourth-order valence-electron chi connectivity index (χ4n) is 2.60. The average molecular weight is 276 g/mol. The number of carbonyl (C=O) groups is 2. The summed E-state index contributed by atoms with van der Waals surface area (Å²) in [5.74, 6) is -0.0918. The van der Waals surface area contributed by atoms with Crippen LogP contribution in [-0.2, 0) is 9.59 Å². The van der Waals surface area contributed by atoms with Crippen LogP contribution < -0.4 is 10.6 Å². The van der Waals surface area contributed by atoms with Crippen molar-refractivity contribution in [3.8, 4) is 0 Å². The monoisotopic (exact) mass is 275 g/mol. The highest BCUT2D eigenvalue weighted by molar-refractivity contribution is 6.07. The van der Waals surface area contributed by atoms with Crippen molar-refractivity contribution < 1.29 is 9.59 Å².